The van der Waals surface area contributed by atoms with E-state index in [1.165, 1.54) is 11.6 Å². The first-order valence-electron chi connectivity index (χ1n) is 7.80. The zero-order valence-electron chi connectivity index (χ0n) is 13.0. The van der Waals surface area contributed by atoms with Crippen molar-refractivity contribution < 1.29 is 8.78 Å². The van der Waals surface area contributed by atoms with E-state index in [1.54, 1.807) is 31.2 Å². The Bertz CT molecular complexity index is 728. The molecule has 0 bridgehead atoms. The quantitative estimate of drug-likeness (QED) is 0.624. The number of halogens is 2. The van der Waals surface area contributed by atoms with Crippen molar-refractivity contribution in [1.29, 1.82) is 0 Å². The molecule has 0 fully saturated rings. The highest BCUT2D eigenvalue weighted by atomic mass is 19.1. The monoisotopic (exact) mass is 298 g/mol. The van der Waals surface area contributed by atoms with Crippen molar-refractivity contribution in [2.24, 2.45) is 5.92 Å². The van der Waals surface area contributed by atoms with E-state index < -0.39 is 0 Å². The minimum atomic E-state index is -0.301. The fraction of sp³-hybridized carbons (Fsp3) is 0.300. The second kappa shape index (κ2) is 6.04. The topological polar surface area (TPSA) is 0 Å². The Balaban J connectivity index is 1.94. The van der Waals surface area contributed by atoms with Gasteiger partial charge in [-0.05, 0) is 66.5 Å². The van der Waals surface area contributed by atoms with Crippen LogP contribution in [-0.4, -0.2) is 0 Å². The third-order valence-electron chi connectivity index (χ3n) is 4.50. The van der Waals surface area contributed by atoms with E-state index in [0.29, 0.717) is 22.6 Å². The zero-order chi connectivity index (χ0) is 15.7. The van der Waals surface area contributed by atoms with Gasteiger partial charge in [-0.2, -0.15) is 0 Å². The summed E-state index contributed by atoms with van der Waals surface area (Å²) < 4.78 is 28.1. The molecule has 0 amide bonds. The second-order valence-corrected chi connectivity index (χ2v) is 6.27. The fourth-order valence-electron chi connectivity index (χ4n) is 2.94. The van der Waals surface area contributed by atoms with Crippen LogP contribution in [-0.2, 0) is 0 Å². The van der Waals surface area contributed by atoms with E-state index in [1.807, 2.05) is 6.07 Å². The van der Waals surface area contributed by atoms with Crippen molar-refractivity contribution in [1.82, 2.24) is 0 Å². The second-order valence-electron chi connectivity index (χ2n) is 6.27. The minimum Gasteiger partial charge on any atom is -0.207 e. The Labute approximate surface area is 130 Å². The van der Waals surface area contributed by atoms with E-state index in [0.717, 1.165) is 24.8 Å². The predicted molar refractivity (Wildman–Crippen MR) is 87.5 cm³/mol. The first-order chi connectivity index (χ1) is 10.5. The molecular formula is C20H20F2. The van der Waals surface area contributed by atoms with Gasteiger partial charge in [0.2, 0.25) is 0 Å². The summed E-state index contributed by atoms with van der Waals surface area (Å²) in [5, 5.41) is 0. The van der Waals surface area contributed by atoms with Crippen LogP contribution in [0.4, 0.5) is 8.78 Å². The molecule has 0 saturated heterocycles. The summed E-state index contributed by atoms with van der Waals surface area (Å²) in [7, 11) is 0. The first kappa shape index (κ1) is 15.0. The molecule has 3 rings (SSSR count). The van der Waals surface area contributed by atoms with Crippen LogP contribution in [0.5, 0.6) is 0 Å². The van der Waals surface area contributed by atoms with Gasteiger partial charge in [0.25, 0.3) is 0 Å². The molecule has 1 aliphatic rings. The van der Waals surface area contributed by atoms with Gasteiger partial charge in [-0.25, -0.2) is 8.78 Å². The SMILES string of the molecule is Cc1ccc(-c2ccc(C3=CCC(C)CC3)cc2F)cc1F. The molecule has 2 heteroatoms. The van der Waals surface area contributed by atoms with Gasteiger partial charge < -0.3 is 0 Å². The zero-order valence-corrected chi connectivity index (χ0v) is 13.0. The molecule has 0 spiro atoms. The molecule has 0 heterocycles. The molecule has 1 atom stereocenters. The van der Waals surface area contributed by atoms with Crippen molar-refractivity contribution in [2.45, 2.75) is 33.1 Å². The molecule has 114 valence electrons. The van der Waals surface area contributed by atoms with Crippen molar-refractivity contribution in [3.8, 4) is 11.1 Å². The molecule has 0 aromatic heterocycles. The van der Waals surface area contributed by atoms with Crippen LogP contribution < -0.4 is 0 Å². The van der Waals surface area contributed by atoms with Crippen LogP contribution in [0, 0.1) is 24.5 Å². The molecule has 2 aromatic carbocycles. The Morgan fingerprint density at radius 3 is 2.32 bits per heavy atom. The van der Waals surface area contributed by atoms with E-state index in [4.69, 9.17) is 0 Å². The highest BCUT2D eigenvalue weighted by molar-refractivity contribution is 5.71. The highest BCUT2D eigenvalue weighted by Gasteiger charge is 2.14. The average molecular weight is 298 g/mol. The maximum Gasteiger partial charge on any atom is 0.131 e. The first-order valence-corrected chi connectivity index (χ1v) is 7.80. The summed E-state index contributed by atoms with van der Waals surface area (Å²) in [6.07, 6.45) is 5.42. The van der Waals surface area contributed by atoms with Crippen molar-refractivity contribution in [3.63, 3.8) is 0 Å². The standard InChI is InChI=1S/C20H20F2/c1-13-3-6-15(7-4-13)16-9-10-18(20(22)11-16)17-8-5-14(2)19(21)12-17/h5-6,8-13H,3-4,7H2,1-2H3. The van der Waals surface area contributed by atoms with E-state index in [2.05, 4.69) is 13.0 Å². The lowest BCUT2D eigenvalue weighted by Crippen LogP contribution is -2.01. The summed E-state index contributed by atoms with van der Waals surface area (Å²) in [5.74, 6) is 0.119. The Morgan fingerprint density at radius 1 is 0.955 bits per heavy atom. The van der Waals surface area contributed by atoms with Gasteiger partial charge in [-0.3, -0.25) is 0 Å². The van der Waals surface area contributed by atoms with Gasteiger partial charge in [0.1, 0.15) is 11.6 Å². The van der Waals surface area contributed by atoms with Crippen molar-refractivity contribution >= 4 is 5.57 Å². The lowest BCUT2D eigenvalue weighted by atomic mass is 9.87. The smallest absolute Gasteiger partial charge is 0.131 e. The molecule has 0 nitrogen and oxygen atoms in total. The van der Waals surface area contributed by atoms with Gasteiger partial charge in [-0.15, -0.1) is 0 Å². The van der Waals surface area contributed by atoms with Crippen LogP contribution in [0.25, 0.3) is 16.7 Å². The van der Waals surface area contributed by atoms with Gasteiger partial charge in [0, 0.05) is 5.56 Å². The van der Waals surface area contributed by atoms with E-state index >= 15 is 0 Å². The number of aryl methyl sites for hydroxylation is 1. The maximum absolute atomic E-state index is 14.5. The number of allylic oxidation sites excluding steroid dienone is 2. The normalized spacial score (nSPS) is 18.2. The third-order valence-corrected chi connectivity index (χ3v) is 4.50. The molecule has 1 unspecified atom stereocenters. The molecule has 2 aromatic rings. The van der Waals surface area contributed by atoms with Gasteiger partial charge >= 0.3 is 0 Å². The Kier molecular flexibility index (Phi) is 4.10. The average Bonchev–Trinajstić information content (AvgIpc) is 2.51. The maximum atomic E-state index is 14.5. The van der Waals surface area contributed by atoms with E-state index in [-0.39, 0.29) is 11.6 Å². The largest absolute Gasteiger partial charge is 0.207 e. The highest BCUT2D eigenvalue weighted by Crippen LogP contribution is 2.32. The molecule has 0 N–H and O–H groups in total. The summed E-state index contributed by atoms with van der Waals surface area (Å²) in [6, 6.07) is 10.1. The number of rotatable bonds is 2. The molecule has 0 saturated carbocycles. The van der Waals surface area contributed by atoms with E-state index in [9.17, 15) is 8.78 Å². The van der Waals surface area contributed by atoms with Crippen molar-refractivity contribution in [3.05, 3.63) is 65.2 Å². The lowest BCUT2D eigenvalue weighted by Gasteiger charge is -2.19. The Hall–Kier alpha value is -1.96. The number of benzene rings is 2. The summed E-state index contributed by atoms with van der Waals surface area (Å²) in [5.41, 5.74) is 3.77. The summed E-state index contributed by atoms with van der Waals surface area (Å²) >= 11 is 0. The Morgan fingerprint density at radius 2 is 1.68 bits per heavy atom. The summed E-state index contributed by atoms with van der Waals surface area (Å²) in [4.78, 5) is 0. The number of hydrogen-bond donors (Lipinski definition) is 0. The fourth-order valence-corrected chi connectivity index (χ4v) is 2.94. The van der Waals surface area contributed by atoms with Crippen LogP contribution in [0.1, 0.15) is 37.3 Å². The van der Waals surface area contributed by atoms with Crippen LogP contribution >= 0.6 is 0 Å². The lowest BCUT2D eigenvalue weighted by molar-refractivity contribution is 0.533. The van der Waals surface area contributed by atoms with Crippen LogP contribution in [0.15, 0.2) is 42.5 Å². The van der Waals surface area contributed by atoms with Gasteiger partial charge in [0.05, 0.1) is 0 Å². The van der Waals surface area contributed by atoms with Crippen molar-refractivity contribution in [2.75, 3.05) is 0 Å². The molecular weight excluding hydrogens is 278 g/mol. The molecule has 0 radical (unpaired) electrons. The van der Waals surface area contributed by atoms with Crippen LogP contribution in [0.2, 0.25) is 0 Å². The molecule has 0 aliphatic heterocycles. The predicted octanol–water partition coefficient (Wildman–Crippen LogP) is 6.14. The molecule has 1 aliphatic carbocycles. The minimum absolute atomic E-state index is 0.291. The van der Waals surface area contributed by atoms with Gasteiger partial charge in [0.15, 0.2) is 0 Å². The molecule has 22 heavy (non-hydrogen) atoms. The van der Waals surface area contributed by atoms with Crippen LogP contribution in [0.3, 0.4) is 0 Å². The van der Waals surface area contributed by atoms with Gasteiger partial charge in [-0.1, -0.05) is 37.3 Å². The summed E-state index contributed by atoms with van der Waals surface area (Å²) in [6.45, 7) is 3.94. The number of hydrogen-bond acceptors (Lipinski definition) is 0. The third kappa shape index (κ3) is 2.96.